The number of hydrogen-bond acceptors (Lipinski definition) is 3. The van der Waals surface area contributed by atoms with Crippen LogP contribution in [0.5, 0.6) is 5.75 Å². The van der Waals surface area contributed by atoms with Gasteiger partial charge in [-0.25, -0.2) is 4.39 Å². The van der Waals surface area contributed by atoms with E-state index in [4.69, 9.17) is 4.74 Å². The standard InChI is InChI=1S/C18H15BrFNO3/c1-10-8-14(22)18-15(7-6-12(20)17(10)18)24-9-16(23)21-13-5-3-2-4-11(13)19/h2-7,10H,8-9H2,1H3,(H,21,23). The van der Waals surface area contributed by atoms with Gasteiger partial charge in [0, 0.05) is 16.5 Å². The normalized spacial score (nSPS) is 16.0. The van der Waals surface area contributed by atoms with Crippen molar-refractivity contribution in [2.45, 2.75) is 19.3 Å². The molecule has 2 aromatic rings. The summed E-state index contributed by atoms with van der Waals surface area (Å²) in [5, 5.41) is 2.71. The van der Waals surface area contributed by atoms with Gasteiger partial charge in [0.2, 0.25) is 0 Å². The Morgan fingerprint density at radius 3 is 2.83 bits per heavy atom. The van der Waals surface area contributed by atoms with Crippen molar-refractivity contribution in [2.75, 3.05) is 11.9 Å². The van der Waals surface area contributed by atoms with E-state index in [1.165, 1.54) is 12.1 Å². The molecule has 0 fully saturated rings. The van der Waals surface area contributed by atoms with Gasteiger partial charge in [-0.2, -0.15) is 0 Å². The van der Waals surface area contributed by atoms with Crippen molar-refractivity contribution in [3.05, 3.63) is 57.8 Å². The van der Waals surface area contributed by atoms with Gasteiger partial charge >= 0.3 is 0 Å². The van der Waals surface area contributed by atoms with Crippen LogP contribution < -0.4 is 10.1 Å². The lowest BCUT2D eigenvalue weighted by Gasteiger charge is -2.12. The SMILES string of the molecule is CC1CC(=O)c2c(OCC(=O)Nc3ccccc3Br)ccc(F)c21. The average molecular weight is 392 g/mol. The van der Waals surface area contributed by atoms with Gasteiger partial charge in [-0.15, -0.1) is 0 Å². The summed E-state index contributed by atoms with van der Waals surface area (Å²) in [6.07, 6.45) is 0.260. The number of nitrogens with one attached hydrogen (secondary N) is 1. The molecule has 2 aromatic carbocycles. The summed E-state index contributed by atoms with van der Waals surface area (Å²) >= 11 is 3.34. The molecule has 0 radical (unpaired) electrons. The van der Waals surface area contributed by atoms with Crippen molar-refractivity contribution in [1.29, 1.82) is 0 Å². The van der Waals surface area contributed by atoms with Gasteiger partial charge in [0.25, 0.3) is 5.91 Å². The van der Waals surface area contributed by atoms with E-state index in [0.29, 0.717) is 11.3 Å². The fourth-order valence-corrected chi connectivity index (χ4v) is 3.22. The van der Waals surface area contributed by atoms with Crippen LogP contribution in [0.25, 0.3) is 0 Å². The highest BCUT2D eigenvalue weighted by molar-refractivity contribution is 9.10. The Morgan fingerprint density at radius 2 is 2.08 bits per heavy atom. The zero-order valence-electron chi connectivity index (χ0n) is 12.9. The van der Waals surface area contributed by atoms with Crippen LogP contribution in [0, 0.1) is 5.82 Å². The molecule has 0 bridgehead atoms. The van der Waals surface area contributed by atoms with Crippen LogP contribution in [0.2, 0.25) is 0 Å². The van der Waals surface area contributed by atoms with Crippen molar-refractivity contribution >= 4 is 33.3 Å². The molecule has 0 saturated heterocycles. The van der Waals surface area contributed by atoms with Crippen LogP contribution >= 0.6 is 15.9 Å². The number of rotatable bonds is 4. The summed E-state index contributed by atoms with van der Waals surface area (Å²) in [4.78, 5) is 24.1. The number of para-hydroxylation sites is 1. The minimum atomic E-state index is -0.409. The lowest BCUT2D eigenvalue weighted by atomic mass is 10.0. The summed E-state index contributed by atoms with van der Waals surface area (Å²) in [5.41, 5.74) is 1.26. The molecule has 1 amide bonds. The molecule has 0 heterocycles. The lowest BCUT2D eigenvalue weighted by Crippen LogP contribution is -2.21. The molecule has 1 N–H and O–H groups in total. The van der Waals surface area contributed by atoms with Crippen molar-refractivity contribution in [2.24, 2.45) is 0 Å². The molecule has 0 saturated carbocycles. The first kappa shape index (κ1) is 16.6. The van der Waals surface area contributed by atoms with Gasteiger partial charge in [-0.1, -0.05) is 19.1 Å². The number of carbonyl (C=O) groups excluding carboxylic acids is 2. The predicted octanol–water partition coefficient (Wildman–Crippen LogP) is 4.30. The second-order valence-electron chi connectivity index (χ2n) is 5.68. The molecule has 0 aliphatic heterocycles. The second-order valence-corrected chi connectivity index (χ2v) is 6.53. The lowest BCUT2D eigenvalue weighted by molar-refractivity contribution is -0.118. The number of ketones is 1. The third-order valence-electron chi connectivity index (χ3n) is 3.92. The fraction of sp³-hybridized carbons (Fsp3) is 0.222. The van der Waals surface area contributed by atoms with Gasteiger partial charge in [-0.3, -0.25) is 9.59 Å². The number of fused-ring (bicyclic) bond motifs is 1. The molecule has 24 heavy (non-hydrogen) atoms. The highest BCUT2D eigenvalue weighted by Crippen LogP contribution is 2.39. The first-order valence-corrected chi connectivity index (χ1v) is 8.29. The van der Waals surface area contributed by atoms with E-state index in [1.54, 1.807) is 19.1 Å². The molecular weight excluding hydrogens is 377 g/mol. The van der Waals surface area contributed by atoms with Crippen LogP contribution in [0.15, 0.2) is 40.9 Å². The van der Waals surface area contributed by atoms with Gasteiger partial charge in [-0.05, 0) is 46.1 Å². The Hall–Kier alpha value is -2.21. The Balaban J connectivity index is 1.73. The molecule has 1 aliphatic rings. The smallest absolute Gasteiger partial charge is 0.262 e. The third-order valence-corrected chi connectivity index (χ3v) is 4.62. The molecule has 1 unspecified atom stereocenters. The first-order valence-electron chi connectivity index (χ1n) is 7.50. The van der Waals surface area contributed by atoms with Gasteiger partial charge in [0.15, 0.2) is 12.4 Å². The number of anilines is 1. The maximum absolute atomic E-state index is 13.9. The average Bonchev–Trinajstić information content (AvgIpc) is 2.85. The number of ether oxygens (including phenoxy) is 1. The summed E-state index contributed by atoms with van der Waals surface area (Å²) in [7, 11) is 0. The number of hydrogen-bond donors (Lipinski definition) is 1. The Bertz CT molecular complexity index is 822. The Labute approximate surface area is 147 Å². The topological polar surface area (TPSA) is 55.4 Å². The first-order chi connectivity index (χ1) is 11.5. The van der Waals surface area contributed by atoms with E-state index in [-0.39, 0.29) is 41.9 Å². The molecule has 4 nitrogen and oxygen atoms in total. The second kappa shape index (κ2) is 6.73. The largest absolute Gasteiger partial charge is 0.483 e. The van der Waals surface area contributed by atoms with Gasteiger partial charge < -0.3 is 10.1 Å². The molecule has 124 valence electrons. The zero-order chi connectivity index (χ0) is 17.3. The highest BCUT2D eigenvalue weighted by Gasteiger charge is 2.32. The minimum absolute atomic E-state index is 0.154. The van der Waals surface area contributed by atoms with Crippen LogP contribution in [0.3, 0.4) is 0 Å². The van der Waals surface area contributed by atoms with Crippen LogP contribution in [0.1, 0.15) is 35.2 Å². The number of Topliss-reactive ketones (excluding diaryl/α,β-unsaturated/α-hetero) is 1. The Morgan fingerprint density at radius 1 is 1.33 bits per heavy atom. The molecule has 1 aliphatic carbocycles. The molecule has 6 heteroatoms. The van der Waals surface area contributed by atoms with E-state index in [0.717, 1.165) is 4.47 Å². The molecule has 1 atom stereocenters. The van der Waals surface area contributed by atoms with E-state index in [9.17, 15) is 14.0 Å². The van der Waals surface area contributed by atoms with Crippen molar-refractivity contribution in [3.63, 3.8) is 0 Å². The summed E-state index contributed by atoms with van der Waals surface area (Å²) in [5.74, 6) is -0.849. The summed E-state index contributed by atoms with van der Waals surface area (Å²) < 4.78 is 20.2. The molecule has 3 rings (SSSR count). The number of benzene rings is 2. The number of carbonyl (C=O) groups is 2. The van der Waals surface area contributed by atoms with Crippen molar-refractivity contribution < 1.29 is 18.7 Å². The number of halogens is 2. The monoisotopic (exact) mass is 391 g/mol. The summed E-state index contributed by atoms with van der Waals surface area (Å²) in [6, 6.07) is 9.87. The van der Waals surface area contributed by atoms with E-state index >= 15 is 0 Å². The quantitative estimate of drug-likeness (QED) is 0.845. The Kier molecular flexibility index (Phi) is 4.66. The predicted molar refractivity (Wildman–Crippen MR) is 92.0 cm³/mol. The van der Waals surface area contributed by atoms with Crippen LogP contribution in [-0.4, -0.2) is 18.3 Å². The van der Waals surface area contributed by atoms with E-state index < -0.39 is 5.82 Å². The summed E-state index contributed by atoms with van der Waals surface area (Å²) in [6.45, 7) is 1.54. The third kappa shape index (κ3) is 3.19. The van der Waals surface area contributed by atoms with Gasteiger partial charge in [0.1, 0.15) is 11.6 Å². The maximum atomic E-state index is 13.9. The zero-order valence-corrected chi connectivity index (χ0v) is 14.5. The molecular formula is C18H15BrFNO3. The minimum Gasteiger partial charge on any atom is -0.483 e. The molecule has 0 aromatic heterocycles. The molecule has 0 spiro atoms. The number of amides is 1. The fourth-order valence-electron chi connectivity index (χ4n) is 2.84. The van der Waals surface area contributed by atoms with Crippen molar-refractivity contribution in [1.82, 2.24) is 0 Å². The van der Waals surface area contributed by atoms with Crippen LogP contribution in [0.4, 0.5) is 10.1 Å². The van der Waals surface area contributed by atoms with Gasteiger partial charge in [0.05, 0.1) is 11.3 Å². The highest BCUT2D eigenvalue weighted by atomic mass is 79.9. The van der Waals surface area contributed by atoms with Crippen molar-refractivity contribution in [3.8, 4) is 5.75 Å². The maximum Gasteiger partial charge on any atom is 0.262 e. The van der Waals surface area contributed by atoms with E-state index in [1.807, 2.05) is 12.1 Å². The van der Waals surface area contributed by atoms with Crippen LogP contribution in [-0.2, 0) is 4.79 Å². The van der Waals surface area contributed by atoms with E-state index in [2.05, 4.69) is 21.2 Å².